The molecule has 0 unspecified atom stereocenters. The summed E-state index contributed by atoms with van der Waals surface area (Å²) in [6, 6.07) is 8.36. The normalized spacial score (nSPS) is 15.9. The smallest absolute Gasteiger partial charge is 0.291 e. The van der Waals surface area contributed by atoms with Crippen molar-refractivity contribution in [3.8, 4) is 5.75 Å². The van der Waals surface area contributed by atoms with E-state index in [4.69, 9.17) is 4.74 Å². The zero-order valence-electron chi connectivity index (χ0n) is 16.8. The Morgan fingerprint density at radius 3 is 2.75 bits per heavy atom. The fraction of sp³-hybridized carbons (Fsp3) is 0.200. The third-order valence-corrected chi connectivity index (χ3v) is 5.12. The maximum absolute atomic E-state index is 13.1. The summed E-state index contributed by atoms with van der Waals surface area (Å²) in [7, 11) is 1.59. The Morgan fingerprint density at radius 2 is 1.97 bits per heavy atom. The molecule has 3 N–H and O–H groups in total. The van der Waals surface area contributed by atoms with Crippen molar-refractivity contribution in [3.05, 3.63) is 59.4 Å². The van der Waals surface area contributed by atoms with Crippen LogP contribution in [0.3, 0.4) is 0 Å². The standard InChI is InChI=1S/C20H17FN8O3/c1-29-15-7-12-13(25-28-24-12)8-16(15)32-9-14(20(29)31)22-19(30)18-23-17(26-27-18)6-10-2-4-11(21)5-3-10/h2-5,7-8,14H,6,9H2,1H3,(H,22,30)(H,23,26,27)(H,24,25,28)/t14-/m0/s1. The number of nitrogens with zero attached hydrogens (tertiary/aromatic N) is 5. The van der Waals surface area contributed by atoms with E-state index in [2.05, 4.69) is 35.9 Å². The zero-order chi connectivity index (χ0) is 22.2. The van der Waals surface area contributed by atoms with E-state index < -0.39 is 11.9 Å². The lowest BCUT2D eigenvalue weighted by Gasteiger charge is -2.19. The van der Waals surface area contributed by atoms with Crippen LogP contribution in [0.2, 0.25) is 0 Å². The predicted molar refractivity (Wildman–Crippen MR) is 110 cm³/mol. The number of carbonyl (C=O) groups excluding carboxylic acids is 2. The summed E-state index contributed by atoms with van der Waals surface area (Å²) in [5, 5.41) is 19.8. The summed E-state index contributed by atoms with van der Waals surface area (Å²) in [6.45, 7) is -0.0713. The monoisotopic (exact) mass is 436 g/mol. The average molecular weight is 436 g/mol. The molecule has 12 heteroatoms. The molecule has 1 aliphatic heterocycles. The van der Waals surface area contributed by atoms with Crippen molar-refractivity contribution >= 4 is 28.5 Å². The second kappa shape index (κ2) is 7.72. The number of hydrogen-bond acceptors (Lipinski definition) is 7. The van der Waals surface area contributed by atoms with E-state index in [-0.39, 0.29) is 24.2 Å². The molecule has 0 spiro atoms. The number of amides is 2. The lowest BCUT2D eigenvalue weighted by Crippen LogP contribution is -2.49. The van der Waals surface area contributed by atoms with Crippen LogP contribution in [-0.4, -0.2) is 62.1 Å². The zero-order valence-corrected chi connectivity index (χ0v) is 16.8. The van der Waals surface area contributed by atoms with Gasteiger partial charge in [0, 0.05) is 19.5 Å². The fourth-order valence-corrected chi connectivity index (χ4v) is 3.43. The van der Waals surface area contributed by atoms with Crippen LogP contribution >= 0.6 is 0 Å². The summed E-state index contributed by atoms with van der Waals surface area (Å²) >= 11 is 0. The van der Waals surface area contributed by atoms with Crippen molar-refractivity contribution in [1.82, 2.24) is 35.9 Å². The van der Waals surface area contributed by atoms with E-state index in [0.29, 0.717) is 34.7 Å². The van der Waals surface area contributed by atoms with Gasteiger partial charge in [-0.1, -0.05) is 12.1 Å². The number of aromatic nitrogens is 6. The highest BCUT2D eigenvalue weighted by molar-refractivity contribution is 6.03. The molecule has 3 heterocycles. The molecular weight excluding hydrogens is 419 g/mol. The van der Waals surface area contributed by atoms with Gasteiger partial charge in [0.2, 0.25) is 5.82 Å². The number of benzene rings is 2. The molecular formula is C20H17FN8O3. The quantitative estimate of drug-likeness (QED) is 0.433. The number of nitrogens with one attached hydrogen (secondary N) is 3. The van der Waals surface area contributed by atoms with Gasteiger partial charge >= 0.3 is 0 Å². The second-order valence-corrected chi connectivity index (χ2v) is 7.28. The van der Waals surface area contributed by atoms with Gasteiger partial charge in [0.1, 0.15) is 41.1 Å². The number of hydrogen-bond donors (Lipinski definition) is 3. The summed E-state index contributed by atoms with van der Waals surface area (Å²) in [5.74, 6) is -0.531. The number of fused-ring (bicyclic) bond motifs is 2. The molecule has 2 aromatic heterocycles. The van der Waals surface area contributed by atoms with Crippen LogP contribution in [0.15, 0.2) is 36.4 Å². The minimum absolute atomic E-state index is 0.0713. The summed E-state index contributed by atoms with van der Waals surface area (Å²) in [5.41, 5.74) is 2.51. The molecule has 0 bridgehead atoms. The third kappa shape index (κ3) is 3.62. The van der Waals surface area contributed by atoms with E-state index >= 15 is 0 Å². The first kappa shape index (κ1) is 19.6. The molecule has 4 aromatic rings. The highest BCUT2D eigenvalue weighted by Gasteiger charge is 2.32. The average Bonchev–Trinajstić information content (AvgIpc) is 3.43. The molecule has 2 amide bonds. The Labute approximate surface area is 180 Å². The topological polar surface area (TPSA) is 142 Å². The van der Waals surface area contributed by atoms with Gasteiger partial charge in [-0.25, -0.2) is 9.37 Å². The molecule has 162 valence electrons. The largest absolute Gasteiger partial charge is 0.489 e. The van der Waals surface area contributed by atoms with Crippen LogP contribution in [0.25, 0.3) is 11.0 Å². The van der Waals surface area contributed by atoms with Gasteiger partial charge in [-0.3, -0.25) is 14.7 Å². The van der Waals surface area contributed by atoms with Crippen molar-refractivity contribution in [2.75, 3.05) is 18.6 Å². The summed E-state index contributed by atoms with van der Waals surface area (Å²) < 4.78 is 18.8. The summed E-state index contributed by atoms with van der Waals surface area (Å²) in [6.07, 6.45) is 0.347. The Bertz CT molecular complexity index is 1320. The number of halogens is 1. The maximum Gasteiger partial charge on any atom is 0.291 e. The van der Waals surface area contributed by atoms with Gasteiger partial charge in [-0.15, -0.1) is 5.10 Å². The first-order valence-corrected chi connectivity index (χ1v) is 9.69. The Morgan fingerprint density at radius 1 is 1.22 bits per heavy atom. The van der Waals surface area contributed by atoms with Gasteiger partial charge < -0.3 is 15.0 Å². The SMILES string of the molecule is CN1C(=O)[C@@H](NC(=O)c2n[nH]c(Cc3ccc(F)cc3)n2)COc2cc3n[nH]nc3cc21. The highest BCUT2D eigenvalue weighted by Crippen LogP contribution is 2.33. The maximum atomic E-state index is 13.1. The van der Waals surface area contributed by atoms with Crippen LogP contribution in [0, 0.1) is 5.82 Å². The fourth-order valence-electron chi connectivity index (χ4n) is 3.43. The van der Waals surface area contributed by atoms with Gasteiger partial charge in [-0.2, -0.15) is 15.4 Å². The lowest BCUT2D eigenvalue weighted by atomic mass is 10.1. The second-order valence-electron chi connectivity index (χ2n) is 7.28. The van der Waals surface area contributed by atoms with Crippen LogP contribution in [0.1, 0.15) is 22.0 Å². The van der Waals surface area contributed by atoms with Gasteiger partial charge in [0.15, 0.2) is 0 Å². The van der Waals surface area contributed by atoms with E-state index in [0.717, 1.165) is 5.56 Å². The number of likely N-dealkylation sites (N-methyl/N-ethyl adjacent to an activating group) is 1. The Balaban J connectivity index is 1.29. The van der Waals surface area contributed by atoms with Gasteiger partial charge in [0.25, 0.3) is 11.8 Å². The number of carbonyl (C=O) groups is 2. The molecule has 0 radical (unpaired) electrons. The number of rotatable bonds is 4. The Kier molecular flexibility index (Phi) is 4.73. The van der Waals surface area contributed by atoms with Crippen molar-refractivity contribution in [3.63, 3.8) is 0 Å². The van der Waals surface area contributed by atoms with Gasteiger partial charge in [0.05, 0.1) is 5.69 Å². The molecule has 32 heavy (non-hydrogen) atoms. The van der Waals surface area contributed by atoms with Crippen LogP contribution < -0.4 is 15.0 Å². The van der Waals surface area contributed by atoms with Crippen molar-refractivity contribution in [2.45, 2.75) is 12.5 Å². The van der Waals surface area contributed by atoms with E-state index in [1.807, 2.05) is 0 Å². The number of anilines is 1. The lowest BCUT2D eigenvalue weighted by molar-refractivity contribution is -0.120. The van der Waals surface area contributed by atoms with Gasteiger partial charge in [-0.05, 0) is 23.8 Å². The van der Waals surface area contributed by atoms with Crippen LogP contribution in [0.4, 0.5) is 10.1 Å². The highest BCUT2D eigenvalue weighted by atomic mass is 19.1. The van der Waals surface area contributed by atoms with Crippen molar-refractivity contribution in [1.29, 1.82) is 0 Å². The van der Waals surface area contributed by atoms with E-state index in [9.17, 15) is 14.0 Å². The molecule has 0 saturated carbocycles. The predicted octanol–water partition coefficient (Wildman–Crippen LogP) is 0.960. The molecule has 2 aromatic carbocycles. The number of ether oxygens (including phenoxy) is 1. The molecule has 0 aliphatic carbocycles. The minimum Gasteiger partial charge on any atom is -0.489 e. The van der Waals surface area contributed by atoms with Crippen LogP contribution in [0.5, 0.6) is 5.75 Å². The molecule has 1 aliphatic rings. The van der Waals surface area contributed by atoms with Crippen molar-refractivity contribution < 1.29 is 18.7 Å². The molecule has 0 fully saturated rings. The number of H-pyrrole nitrogens is 2. The summed E-state index contributed by atoms with van der Waals surface area (Å²) in [4.78, 5) is 31.2. The Hall–Kier alpha value is -4.35. The first-order valence-electron chi connectivity index (χ1n) is 9.69. The third-order valence-electron chi connectivity index (χ3n) is 5.12. The van der Waals surface area contributed by atoms with Crippen LogP contribution in [-0.2, 0) is 11.2 Å². The molecule has 5 rings (SSSR count). The van der Waals surface area contributed by atoms with E-state index in [1.54, 1.807) is 31.3 Å². The number of aromatic amines is 2. The van der Waals surface area contributed by atoms with E-state index in [1.165, 1.54) is 17.0 Å². The molecule has 11 nitrogen and oxygen atoms in total. The van der Waals surface area contributed by atoms with Crippen molar-refractivity contribution in [2.24, 2.45) is 0 Å². The first-order chi connectivity index (χ1) is 15.5. The molecule has 0 saturated heterocycles. The minimum atomic E-state index is -0.944. The molecule has 1 atom stereocenters.